The smallest absolute Gasteiger partial charge is 0.413 e. The third-order valence-electron chi connectivity index (χ3n) is 3.57. The summed E-state index contributed by atoms with van der Waals surface area (Å²) in [6, 6.07) is 11.5. The number of hydrogen-bond acceptors (Lipinski definition) is 4. The highest BCUT2D eigenvalue weighted by molar-refractivity contribution is 5.97. The quantitative estimate of drug-likeness (QED) is 0.713. The van der Waals surface area contributed by atoms with Crippen LogP contribution in [0.25, 0.3) is 5.69 Å². The van der Waals surface area contributed by atoms with E-state index in [9.17, 15) is 23.5 Å². The lowest BCUT2D eigenvalue weighted by molar-refractivity contribution is 0.0698. The predicted octanol–water partition coefficient (Wildman–Crippen LogP) is 3.60. The van der Waals surface area contributed by atoms with E-state index in [1.807, 2.05) is 0 Å². The number of rotatable bonds is 5. The summed E-state index contributed by atoms with van der Waals surface area (Å²) in [5.41, 5.74) is 0.113. The maximum atomic E-state index is 14.0. The van der Waals surface area contributed by atoms with Crippen LogP contribution in [0.4, 0.5) is 19.4 Å². The fourth-order valence-electron chi connectivity index (χ4n) is 2.32. The second-order valence-corrected chi connectivity index (χ2v) is 5.41. The van der Waals surface area contributed by atoms with Crippen molar-refractivity contribution in [2.45, 2.75) is 6.61 Å². The van der Waals surface area contributed by atoms with Gasteiger partial charge in [-0.1, -0.05) is 30.3 Å². The van der Waals surface area contributed by atoms with Crippen LogP contribution in [-0.2, 0) is 11.3 Å². The topological polar surface area (TPSA) is 93.5 Å². The number of ether oxygens (including phenoxy) is 1. The van der Waals surface area contributed by atoms with Gasteiger partial charge in [0, 0.05) is 6.07 Å². The van der Waals surface area contributed by atoms with Crippen molar-refractivity contribution in [3.63, 3.8) is 0 Å². The molecule has 3 aromatic rings. The number of nitrogens with zero attached hydrogens (tertiary/aromatic N) is 2. The van der Waals surface area contributed by atoms with Crippen LogP contribution in [0.15, 0.2) is 54.7 Å². The Morgan fingerprint density at radius 3 is 2.56 bits per heavy atom. The van der Waals surface area contributed by atoms with Crippen LogP contribution in [0.2, 0.25) is 0 Å². The largest absolute Gasteiger partial charge is 0.477 e. The van der Waals surface area contributed by atoms with E-state index in [1.165, 1.54) is 0 Å². The van der Waals surface area contributed by atoms with Gasteiger partial charge >= 0.3 is 12.1 Å². The first kappa shape index (κ1) is 18.1. The molecule has 1 amide bonds. The molecule has 0 aliphatic rings. The molecule has 0 fully saturated rings. The van der Waals surface area contributed by atoms with Gasteiger partial charge in [0.25, 0.3) is 0 Å². The molecule has 0 spiro atoms. The summed E-state index contributed by atoms with van der Waals surface area (Å²) in [6.45, 7) is -0.0475. The van der Waals surface area contributed by atoms with Crippen molar-refractivity contribution >= 4 is 17.9 Å². The molecule has 138 valence electrons. The monoisotopic (exact) mass is 373 g/mol. The zero-order valence-corrected chi connectivity index (χ0v) is 13.7. The molecule has 0 aliphatic carbocycles. The molecule has 0 aliphatic heterocycles. The number of carboxylic acid groups (broad SMARTS) is 1. The van der Waals surface area contributed by atoms with Crippen LogP contribution in [0, 0.1) is 11.6 Å². The molecule has 3 rings (SSSR count). The van der Waals surface area contributed by atoms with Gasteiger partial charge in [-0.3, -0.25) is 5.32 Å². The van der Waals surface area contributed by atoms with Crippen LogP contribution in [0.3, 0.4) is 0 Å². The Balaban J connectivity index is 1.86. The van der Waals surface area contributed by atoms with Crippen LogP contribution in [-0.4, -0.2) is 26.9 Å². The van der Waals surface area contributed by atoms with Gasteiger partial charge < -0.3 is 9.84 Å². The van der Waals surface area contributed by atoms with Gasteiger partial charge in [-0.05, 0) is 17.7 Å². The Bertz CT molecular complexity index is 990. The van der Waals surface area contributed by atoms with Crippen LogP contribution in [0.5, 0.6) is 0 Å². The molecule has 0 bridgehead atoms. The SMILES string of the molecule is O=C(Nc1c(C(=O)O)cnn1-c1ccc(F)cc1F)OCc1ccccc1. The average molecular weight is 373 g/mol. The number of nitrogens with one attached hydrogen (secondary N) is 1. The van der Waals surface area contributed by atoms with Gasteiger partial charge in [-0.25, -0.2) is 23.1 Å². The maximum absolute atomic E-state index is 14.0. The first-order valence-electron chi connectivity index (χ1n) is 7.70. The van der Waals surface area contributed by atoms with Gasteiger partial charge in [0.15, 0.2) is 11.6 Å². The Morgan fingerprint density at radius 1 is 1.15 bits per heavy atom. The van der Waals surface area contributed by atoms with Crippen molar-refractivity contribution in [1.82, 2.24) is 9.78 Å². The summed E-state index contributed by atoms with van der Waals surface area (Å²) in [5, 5.41) is 15.3. The molecule has 7 nitrogen and oxygen atoms in total. The maximum Gasteiger partial charge on any atom is 0.413 e. The standard InChI is InChI=1S/C18H13F2N3O4/c19-12-6-7-15(14(20)8-12)23-16(13(9-21-23)17(24)25)22-18(26)27-10-11-4-2-1-3-5-11/h1-9H,10H2,(H,22,26)(H,24,25). The molecular formula is C18H13F2N3O4. The van der Waals surface area contributed by atoms with Crippen molar-refractivity contribution < 1.29 is 28.2 Å². The van der Waals surface area contributed by atoms with E-state index < -0.39 is 23.7 Å². The molecule has 0 saturated heterocycles. The van der Waals surface area contributed by atoms with E-state index in [2.05, 4.69) is 10.4 Å². The fraction of sp³-hybridized carbons (Fsp3) is 0.0556. The molecule has 9 heteroatoms. The van der Waals surface area contributed by atoms with Gasteiger partial charge in [0.1, 0.15) is 23.7 Å². The van der Waals surface area contributed by atoms with Gasteiger partial charge in [0.05, 0.1) is 6.20 Å². The van der Waals surface area contributed by atoms with E-state index in [-0.39, 0.29) is 23.7 Å². The summed E-state index contributed by atoms with van der Waals surface area (Å²) in [7, 11) is 0. The number of carbonyl (C=O) groups is 2. The number of benzene rings is 2. The first-order chi connectivity index (χ1) is 13.0. The summed E-state index contributed by atoms with van der Waals surface area (Å²) >= 11 is 0. The summed E-state index contributed by atoms with van der Waals surface area (Å²) < 4.78 is 33.0. The van der Waals surface area contributed by atoms with Gasteiger partial charge in [-0.2, -0.15) is 5.10 Å². The lowest BCUT2D eigenvalue weighted by Crippen LogP contribution is -2.18. The van der Waals surface area contributed by atoms with Crippen LogP contribution in [0.1, 0.15) is 15.9 Å². The van der Waals surface area contributed by atoms with Crippen molar-refractivity contribution in [1.29, 1.82) is 0 Å². The van der Waals surface area contributed by atoms with E-state index in [1.54, 1.807) is 30.3 Å². The zero-order chi connectivity index (χ0) is 19.4. The Kier molecular flexibility index (Phi) is 5.11. The number of amides is 1. The van der Waals surface area contributed by atoms with Gasteiger partial charge in [-0.15, -0.1) is 0 Å². The lowest BCUT2D eigenvalue weighted by atomic mass is 10.2. The first-order valence-corrected chi connectivity index (χ1v) is 7.70. The van der Waals surface area contributed by atoms with E-state index in [0.29, 0.717) is 6.07 Å². The molecule has 0 unspecified atom stereocenters. The second kappa shape index (κ2) is 7.65. The lowest BCUT2D eigenvalue weighted by Gasteiger charge is -2.11. The molecule has 0 radical (unpaired) electrons. The van der Waals surface area contributed by atoms with E-state index in [0.717, 1.165) is 28.6 Å². The van der Waals surface area contributed by atoms with Crippen LogP contribution >= 0.6 is 0 Å². The minimum atomic E-state index is -1.39. The minimum absolute atomic E-state index is 0.0475. The third-order valence-corrected chi connectivity index (χ3v) is 3.57. The van der Waals surface area contributed by atoms with E-state index >= 15 is 0 Å². The highest BCUT2D eigenvalue weighted by Crippen LogP contribution is 2.23. The molecule has 2 N–H and O–H groups in total. The number of halogens is 2. The summed E-state index contributed by atoms with van der Waals surface area (Å²) in [6.07, 6.45) is -0.0107. The molecule has 2 aromatic carbocycles. The Morgan fingerprint density at radius 2 is 1.89 bits per heavy atom. The summed E-state index contributed by atoms with van der Waals surface area (Å²) in [5.74, 6) is -3.48. The normalized spacial score (nSPS) is 10.4. The Hall–Kier alpha value is -3.75. The molecule has 0 saturated carbocycles. The molecule has 27 heavy (non-hydrogen) atoms. The van der Waals surface area contributed by atoms with Gasteiger partial charge in [0.2, 0.25) is 0 Å². The predicted molar refractivity (Wildman–Crippen MR) is 90.7 cm³/mol. The third kappa shape index (κ3) is 4.09. The van der Waals surface area contributed by atoms with Crippen molar-refractivity contribution in [2.75, 3.05) is 5.32 Å². The Labute approximate surface area is 151 Å². The molecular weight excluding hydrogens is 360 g/mol. The fourth-order valence-corrected chi connectivity index (χ4v) is 2.32. The highest BCUT2D eigenvalue weighted by atomic mass is 19.1. The number of anilines is 1. The number of hydrogen-bond donors (Lipinski definition) is 2. The molecule has 1 aromatic heterocycles. The van der Waals surface area contributed by atoms with E-state index in [4.69, 9.17) is 4.74 Å². The molecule has 0 atom stereocenters. The number of carbonyl (C=O) groups excluding carboxylic acids is 1. The van der Waals surface area contributed by atoms with Crippen molar-refractivity contribution in [3.05, 3.63) is 77.5 Å². The second-order valence-electron chi connectivity index (χ2n) is 5.41. The average Bonchev–Trinajstić information content (AvgIpc) is 3.04. The number of carboxylic acids is 1. The minimum Gasteiger partial charge on any atom is -0.477 e. The van der Waals surface area contributed by atoms with Crippen LogP contribution < -0.4 is 5.32 Å². The zero-order valence-electron chi connectivity index (χ0n) is 13.7. The van der Waals surface area contributed by atoms with Crippen molar-refractivity contribution in [3.8, 4) is 5.69 Å². The van der Waals surface area contributed by atoms with Crippen molar-refractivity contribution in [2.24, 2.45) is 0 Å². The number of aromatic carboxylic acids is 1. The highest BCUT2D eigenvalue weighted by Gasteiger charge is 2.22. The molecule has 1 heterocycles. The summed E-state index contributed by atoms with van der Waals surface area (Å²) in [4.78, 5) is 23.4. The number of aromatic nitrogens is 2.